The minimum absolute atomic E-state index is 0.110. The van der Waals surface area contributed by atoms with E-state index in [-0.39, 0.29) is 18.1 Å². The van der Waals surface area contributed by atoms with Gasteiger partial charge >= 0.3 is 0 Å². The molecule has 4 heteroatoms. The second-order valence-corrected chi connectivity index (χ2v) is 3.46. The third-order valence-corrected chi connectivity index (χ3v) is 2.22. The molecule has 0 aromatic rings. The van der Waals surface area contributed by atoms with Gasteiger partial charge in [0.05, 0.1) is 12.1 Å². The summed E-state index contributed by atoms with van der Waals surface area (Å²) in [5, 5.41) is 11.7. The molecule has 4 N–H and O–H groups in total. The van der Waals surface area contributed by atoms with E-state index in [9.17, 15) is 4.79 Å². The fraction of sp³-hybridized carbons (Fsp3) is 0.667. The second kappa shape index (κ2) is 4.39. The first-order chi connectivity index (χ1) is 6.13. The number of nitrogens with one attached hydrogen (secondary N) is 1. The normalized spacial score (nSPS) is 28.8. The van der Waals surface area contributed by atoms with Crippen molar-refractivity contribution in [3.05, 3.63) is 12.7 Å². The Kier molecular flexibility index (Phi) is 3.45. The molecule has 1 saturated carbocycles. The summed E-state index contributed by atoms with van der Waals surface area (Å²) in [6.45, 7) is 3.51. The Morgan fingerprint density at radius 1 is 1.77 bits per heavy atom. The van der Waals surface area contributed by atoms with E-state index >= 15 is 0 Å². The van der Waals surface area contributed by atoms with Gasteiger partial charge in [-0.2, -0.15) is 0 Å². The predicted octanol–water partition coefficient (Wildman–Crippen LogP) is -0.471. The van der Waals surface area contributed by atoms with Crippen LogP contribution in [0.5, 0.6) is 0 Å². The van der Waals surface area contributed by atoms with Gasteiger partial charge in [0, 0.05) is 6.04 Å². The lowest BCUT2D eigenvalue weighted by atomic mass is 9.89. The zero-order chi connectivity index (χ0) is 9.84. The van der Waals surface area contributed by atoms with Crippen LogP contribution in [0.4, 0.5) is 0 Å². The van der Waals surface area contributed by atoms with E-state index in [0.29, 0.717) is 19.3 Å². The number of hydrogen-bond donors (Lipinski definition) is 3. The Hall–Kier alpha value is -0.870. The van der Waals surface area contributed by atoms with E-state index in [2.05, 4.69) is 11.9 Å². The van der Waals surface area contributed by atoms with Gasteiger partial charge in [-0.3, -0.25) is 4.79 Å². The molecule has 0 aromatic carbocycles. The molecule has 13 heavy (non-hydrogen) atoms. The van der Waals surface area contributed by atoms with Crippen LogP contribution in [-0.2, 0) is 4.79 Å². The quantitative estimate of drug-likeness (QED) is 0.517. The van der Waals surface area contributed by atoms with Crippen molar-refractivity contribution in [3.63, 3.8) is 0 Å². The Morgan fingerprint density at radius 3 is 2.85 bits per heavy atom. The molecule has 1 aliphatic rings. The van der Waals surface area contributed by atoms with E-state index in [1.807, 2.05) is 0 Å². The lowest BCUT2D eigenvalue weighted by Crippen LogP contribution is -2.51. The highest BCUT2D eigenvalue weighted by atomic mass is 16.3. The van der Waals surface area contributed by atoms with Gasteiger partial charge in [0.2, 0.25) is 5.91 Å². The van der Waals surface area contributed by atoms with Crippen LogP contribution in [0.15, 0.2) is 12.7 Å². The van der Waals surface area contributed by atoms with Gasteiger partial charge in [-0.05, 0) is 19.3 Å². The molecule has 0 aliphatic heterocycles. The van der Waals surface area contributed by atoms with Crippen LogP contribution in [0.1, 0.15) is 19.3 Å². The van der Waals surface area contributed by atoms with Crippen LogP contribution in [0, 0.1) is 0 Å². The number of aliphatic hydroxyl groups is 1. The van der Waals surface area contributed by atoms with Crippen molar-refractivity contribution in [2.75, 3.05) is 0 Å². The lowest BCUT2D eigenvalue weighted by Gasteiger charge is -2.32. The molecule has 1 unspecified atom stereocenters. The van der Waals surface area contributed by atoms with Crippen molar-refractivity contribution in [3.8, 4) is 0 Å². The van der Waals surface area contributed by atoms with Crippen molar-refractivity contribution in [2.24, 2.45) is 5.73 Å². The SMILES string of the molecule is C=CCC(N)C(=O)NC1CC(O)C1. The summed E-state index contributed by atoms with van der Waals surface area (Å²) in [6.07, 6.45) is 3.15. The predicted molar refractivity (Wildman–Crippen MR) is 50.0 cm³/mol. The molecular formula is C9H16N2O2. The molecule has 4 nitrogen and oxygen atoms in total. The third kappa shape index (κ3) is 2.82. The lowest BCUT2D eigenvalue weighted by molar-refractivity contribution is -0.124. The van der Waals surface area contributed by atoms with Crippen LogP contribution in [-0.4, -0.2) is 29.2 Å². The molecular weight excluding hydrogens is 168 g/mol. The molecule has 0 bridgehead atoms. The van der Waals surface area contributed by atoms with Crippen LogP contribution < -0.4 is 11.1 Å². The molecule has 0 aromatic heterocycles. The maximum atomic E-state index is 11.3. The maximum absolute atomic E-state index is 11.3. The van der Waals surface area contributed by atoms with Gasteiger partial charge < -0.3 is 16.2 Å². The maximum Gasteiger partial charge on any atom is 0.237 e. The molecule has 0 spiro atoms. The number of aliphatic hydroxyl groups excluding tert-OH is 1. The van der Waals surface area contributed by atoms with E-state index in [4.69, 9.17) is 10.8 Å². The number of rotatable bonds is 4. The van der Waals surface area contributed by atoms with Crippen molar-refractivity contribution < 1.29 is 9.90 Å². The highest BCUT2D eigenvalue weighted by Gasteiger charge is 2.29. The van der Waals surface area contributed by atoms with E-state index < -0.39 is 6.04 Å². The van der Waals surface area contributed by atoms with Gasteiger partial charge in [0.1, 0.15) is 0 Å². The van der Waals surface area contributed by atoms with Crippen molar-refractivity contribution >= 4 is 5.91 Å². The minimum Gasteiger partial charge on any atom is -0.393 e. The first-order valence-electron chi connectivity index (χ1n) is 4.48. The summed E-state index contributed by atoms with van der Waals surface area (Å²) in [5.41, 5.74) is 5.54. The van der Waals surface area contributed by atoms with Crippen molar-refractivity contribution in [1.82, 2.24) is 5.32 Å². The van der Waals surface area contributed by atoms with Gasteiger partial charge in [0.15, 0.2) is 0 Å². The number of carbonyl (C=O) groups is 1. The summed E-state index contributed by atoms with van der Waals surface area (Å²) < 4.78 is 0. The summed E-state index contributed by atoms with van der Waals surface area (Å²) in [7, 11) is 0. The molecule has 1 atom stereocenters. The first kappa shape index (κ1) is 10.2. The van der Waals surface area contributed by atoms with Crippen LogP contribution >= 0.6 is 0 Å². The largest absolute Gasteiger partial charge is 0.393 e. The fourth-order valence-electron chi connectivity index (χ4n) is 1.30. The number of hydrogen-bond acceptors (Lipinski definition) is 3. The molecule has 74 valence electrons. The average Bonchev–Trinajstić information content (AvgIpc) is 2.02. The Morgan fingerprint density at radius 2 is 2.38 bits per heavy atom. The monoisotopic (exact) mass is 184 g/mol. The third-order valence-electron chi connectivity index (χ3n) is 2.22. The minimum atomic E-state index is -0.504. The average molecular weight is 184 g/mol. The summed E-state index contributed by atoms with van der Waals surface area (Å²) in [5.74, 6) is -0.156. The molecule has 0 heterocycles. The van der Waals surface area contributed by atoms with Crippen LogP contribution in [0.25, 0.3) is 0 Å². The molecule has 1 fully saturated rings. The molecule has 0 saturated heterocycles. The number of carbonyl (C=O) groups excluding carboxylic acids is 1. The first-order valence-corrected chi connectivity index (χ1v) is 4.48. The Labute approximate surface area is 77.8 Å². The summed E-state index contributed by atoms with van der Waals surface area (Å²) in [6, 6.07) is -0.395. The molecule has 1 rings (SSSR count). The number of nitrogens with two attached hydrogens (primary N) is 1. The molecule has 1 amide bonds. The zero-order valence-electron chi connectivity index (χ0n) is 7.57. The molecule has 0 radical (unpaired) electrons. The molecule has 1 aliphatic carbocycles. The highest BCUT2D eigenvalue weighted by Crippen LogP contribution is 2.19. The van der Waals surface area contributed by atoms with Gasteiger partial charge in [-0.1, -0.05) is 6.08 Å². The highest BCUT2D eigenvalue weighted by molar-refractivity contribution is 5.82. The Bertz CT molecular complexity index is 200. The van der Waals surface area contributed by atoms with Crippen LogP contribution in [0.3, 0.4) is 0 Å². The van der Waals surface area contributed by atoms with E-state index in [1.54, 1.807) is 6.08 Å². The van der Waals surface area contributed by atoms with Gasteiger partial charge in [-0.25, -0.2) is 0 Å². The fourth-order valence-corrected chi connectivity index (χ4v) is 1.30. The number of amides is 1. The van der Waals surface area contributed by atoms with Gasteiger partial charge in [-0.15, -0.1) is 6.58 Å². The van der Waals surface area contributed by atoms with E-state index in [0.717, 1.165) is 0 Å². The topological polar surface area (TPSA) is 75.4 Å². The second-order valence-electron chi connectivity index (χ2n) is 3.46. The summed E-state index contributed by atoms with van der Waals surface area (Å²) >= 11 is 0. The van der Waals surface area contributed by atoms with Crippen molar-refractivity contribution in [2.45, 2.75) is 37.5 Å². The van der Waals surface area contributed by atoms with Crippen LogP contribution in [0.2, 0.25) is 0 Å². The van der Waals surface area contributed by atoms with Gasteiger partial charge in [0.25, 0.3) is 0 Å². The zero-order valence-corrected chi connectivity index (χ0v) is 7.57. The summed E-state index contributed by atoms with van der Waals surface area (Å²) in [4.78, 5) is 11.3. The van der Waals surface area contributed by atoms with Crippen molar-refractivity contribution in [1.29, 1.82) is 0 Å². The Balaban J connectivity index is 2.20. The smallest absolute Gasteiger partial charge is 0.237 e. The standard InChI is InChI=1S/C9H16N2O2/c1-2-3-8(10)9(13)11-6-4-7(12)5-6/h2,6-8,12H,1,3-5,10H2,(H,11,13). The van der Waals surface area contributed by atoms with E-state index in [1.165, 1.54) is 0 Å².